The molecule has 2 N–H and O–H groups in total. The van der Waals surface area contributed by atoms with E-state index in [9.17, 15) is 14.3 Å². The van der Waals surface area contributed by atoms with Gasteiger partial charge in [0.25, 0.3) is 0 Å². The summed E-state index contributed by atoms with van der Waals surface area (Å²) in [5.74, 6) is -0.886. The summed E-state index contributed by atoms with van der Waals surface area (Å²) in [5, 5.41) is 19.1. The number of nitrogens with zero attached hydrogens (tertiary/aromatic N) is 2. The van der Waals surface area contributed by atoms with E-state index in [1.165, 1.54) is 23.4 Å². The number of fused-ring (bicyclic) bond motifs is 2. The number of hydrogen-bond donors (Lipinski definition) is 2. The van der Waals surface area contributed by atoms with Crippen LogP contribution in [0.3, 0.4) is 0 Å². The third kappa shape index (κ3) is 3.72. The molecule has 0 aliphatic carbocycles. The van der Waals surface area contributed by atoms with Gasteiger partial charge in [0.2, 0.25) is 0 Å². The molecule has 0 bridgehead atoms. The van der Waals surface area contributed by atoms with Gasteiger partial charge in [0.15, 0.2) is 5.60 Å². The fourth-order valence-corrected chi connectivity index (χ4v) is 5.73. The molecule has 4 aromatic rings. The van der Waals surface area contributed by atoms with Crippen molar-refractivity contribution < 1.29 is 23.8 Å². The number of halogens is 1. The minimum Gasteiger partial charge on any atom is -0.479 e. The van der Waals surface area contributed by atoms with Gasteiger partial charge in [-0.15, -0.1) is 0 Å². The third-order valence-corrected chi connectivity index (χ3v) is 7.73. The van der Waals surface area contributed by atoms with Crippen LogP contribution in [0.4, 0.5) is 4.39 Å². The Morgan fingerprint density at radius 2 is 1.94 bits per heavy atom. The molecule has 6 rings (SSSR count). The number of nitrogens with one attached hydrogen (secondary N) is 1. The molecule has 8 heteroatoms. The van der Waals surface area contributed by atoms with Crippen molar-refractivity contribution in [1.82, 2.24) is 14.8 Å². The highest BCUT2D eigenvalue weighted by molar-refractivity contribution is 5.99. The average Bonchev–Trinajstić information content (AvgIpc) is 3.46. The summed E-state index contributed by atoms with van der Waals surface area (Å²) in [6, 6.07) is 10.9. The van der Waals surface area contributed by atoms with E-state index in [0.717, 1.165) is 40.3 Å². The lowest BCUT2D eigenvalue weighted by Gasteiger charge is -2.35. The normalized spacial score (nSPS) is 23.8. The number of ether oxygens (including phenoxy) is 2. The van der Waals surface area contributed by atoms with Crippen LogP contribution in [0.5, 0.6) is 0 Å². The second kappa shape index (κ2) is 8.46. The molecular formula is C27H28FN3O4. The summed E-state index contributed by atoms with van der Waals surface area (Å²) in [6.07, 6.45) is 4.75. The van der Waals surface area contributed by atoms with E-state index < -0.39 is 11.6 Å². The number of aromatic amines is 1. The highest BCUT2D eigenvalue weighted by atomic mass is 19.1. The van der Waals surface area contributed by atoms with Gasteiger partial charge in [-0.2, -0.15) is 5.10 Å². The van der Waals surface area contributed by atoms with Crippen molar-refractivity contribution in [3.8, 4) is 5.69 Å². The monoisotopic (exact) mass is 477 g/mol. The summed E-state index contributed by atoms with van der Waals surface area (Å²) in [5.41, 5.74) is 4.11. The van der Waals surface area contributed by atoms with E-state index in [0.29, 0.717) is 32.7 Å². The summed E-state index contributed by atoms with van der Waals surface area (Å²) >= 11 is 0. The van der Waals surface area contributed by atoms with Gasteiger partial charge < -0.3 is 19.1 Å². The number of rotatable bonds is 4. The van der Waals surface area contributed by atoms with E-state index in [1.807, 2.05) is 18.3 Å². The summed E-state index contributed by atoms with van der Waals surface area (Å²) in [4.78, 5) is 11.8. The summed E-state index contributed by atoms with van der Waals surface area (Å²) in [6.45, 7) is 3.37. The highest BCUT2D eigenvalue weighted by Crippen LogP contribution is 2.46. The van der Waals surface area contributed by atoms with Crippen molar-refractivity contribution in [1.29, 1.82) is 0 Å². The maximum atomic E-state index is 13.9. The van der Waals surface area contributed by atoms with Gasteiger partial charge in [-0.05, 0) is 74.6 Å². The first kappa shape index (κ1) is 22.2. The molecule has 182 valence electrons. The lowest BCUT2D eigenvalue weighted by molar-refractivity contribution is -0.170. The van der Waals surface area contributed by atoms with Crippen LogP contribution in [0.1, 0.15) is 55.7 Å². The first-order valence-corrected chi connectivity index (χ1v) is 12.2. The van der Waals surface area contributed by atoms with Crippen molar-refractivity contribution in [3.63, 3.8) is 0 Å². The number of aromatic nitrogens is 3. The van der Waals surface area contributed by atoms with Gasteiger partial charge in [0, 0.05) is 47.2 Å². The Morgan fingerprint density at radius 3 is 2.63 bits per heavy atom. The Morgan fingerprint density at radius 1 is 1.17 bits per heavy atom. The molecule has 0 amide bonds. The molecule has 1 unspecified atom stereocenters. The molecule has 2 fully saturated rings. The van der Waals surface area contributed by atoms with Crippen LogP contribution < -0.4 is 0 Å². The number of carboxylic acid groups (broad SMARTS) is 1. The van der Waals surface area contributed by atoms with E-state index >= 15 is 0 Å². The van der Waals surface area contributed by atoms with Crippen molar-refractivity contribution in [2.75, 3.05) is 19.8 Å². The van der Waals surface area contributed by atoms with Gasteiger partial charge in [-0.1, -0.05) is 0 Å². The number of carbonyl (C=O) groups is 1. The molecule has 7 nitrogen and oxygen atoms in total. The quantitative estimate of drug-likeness (QED) is 0.418. The predicted molar refractivity (Wildman–Crippen MR) is 130 cm³/mol. The maximum Gasteiger partial charge on any atom is 0.335 e. The predicted octanol–water partition coefficient (Wildman–Crippen LogP) is 5.28. The first-order valence-electron chi connectivity index (χ1n) is 12.2. The van der Waals surface area contributed by atoms with Crippen LogP contribution in [0.25, 0.3) is 27.5 Å². The minimum atomic E-state index is -1.17. The highest BCUT2D eigenvalue weighted by Gasteiger charge is 2.41. The number of aliphatic carboxylic acids is 1. The van der Waals surface area contributed by atoms with E-state index in [1.54, 1.807) is 6.92 Å². The molecule has 2 aromatic carbocycles. The Bertz CT molecular complexity index is 1390. The van der Waals surface area contributed by atoms with Crippen molar-refractivity contribution in [3.05, 3.63) is 59.7 Å². The van der Waals surface area contributed by atoms with Gasteiger partial charge in [-0.3, -0.25) is 5.10 Å². The maximum absolute atomic E-state index is 13.9. The van der Waals surface area contributed by atoms with E-state index in [-0.39, 0.29) is 17.7 Å². The van der Waals surface area contributed by atoms with Crippen LogP contribution in [0.2, 0.25) is 0 Å². The fourth-order valence-electron chi connectivity index (χ4n) is 5.73. The molecule has 0 spiro atoms. The van der Waals surface area contributed by atoms with Gasteiger partial charge >= 0.3 is 5.97 Å². The van der Waals surface area contributed by atoms with Crippen LogP contribution in [0.15, 0.2) is 42.6 Å². The first-order chi connectivity index (χ1) is 16.9. The van der Waals surface area contributed by atoms with E-state index in [2.05, 4.69) is 26.9 Å². The Balaban J connectivity index is 1.60. The van der Waals surface area contributed by atoms with Crippen LogP contribution in [0, 0.1) is 5.82 Å². The second-order valence-electron chi connectivity index (χ2n) is 9.91. The largest absolute Gasteiger partial charge is 0.479 e. The zero-order valence-electron chi connectivity index (χ0n) is 19.6. The minimum absolute atomic E-state index is 0.0461. The van der Waals surface area contributed by atoms with Gasteiger partial charge in [0.1, 0.15) is 5.82 Å². The summed E-state index contributed by atoms with van der Waals surface area (Å²) in [7, 11) is 0. The van der Waals surface area contributed by atoms with Crippen molar-refractivity contribution >= 4 is 27.8 Å². The molecule has 0 radical (unpaired) electrons. The fraction of sp³-hybridized carbons (Fsp3) is 0.407. The number of hydrogen-bond acceptors (Lipinski definition) is 4. The van der Waals surface area contributed by atoms with Crippen molar-refractivity contribution in [2.24, 2.45) is 0 Å². The zero-order valence-corrected chi connectivity index (χ0v) is 19.6. The van der Waals surface area contributed by atoms with E-state index in [4.69, 9.17) is 9.47 Å². The molecule has 2 aromatic heterocycles. The molecule has 2 atom stereocenters. The Hall–Kier alpha value is -3.23. The average molecular weight is 478 g/mol. The van der Waals surface area contributed by atoms with Crippen LogP contribution >= 0.6 is 0 Å². The standard InChI is InChI=1S/C27H28FN3O4/c1-27(26(32)33)9-6-17(15-35-27)24-21-13-22-18(14-29-30-22)12-23(21)31(20-4-2-19(28)3-5-20)25(24)16-7-10-34-11-8-16/h2-5,12-14,16-17H,6-11,15H2,1H3,(H,29,30)(H,32,33)/t17?,27-/m0/s1. The zero-order chi connectivity index (χ0) is 24.2. The molecule has 2 saturated heterocycles. The third-order valence-electron chi connectivity index (χ3n) is 7.73. The lowest BCUT2D eigenvalue weighted by atomic mass is 9.82. The molecule has 4 heterocycles. The number of carboxylic acids is 1. The summed E-state index contributed by atoms with van der Waals surface area (Å²) < 4.78 is 27.8. The number of H-pyrrole nitrogens is 1. The Kier molecular flexibility index (Phi) is 5.38. The van der Waals surface area contributed by atoms with Crippen molar-refractivity contribution in [2.45, 2.75) is 50.0 Å². The van der Waals surface area contributed by atoms with Crippen LogP contribution in [-0.2, 0) is 14.3 Å². The van der Waals surface area contributed by atoms with Gasteiger partial charge in [-0.25, -0.2) is 9.18 Å². The smallest absolute Gasteiger partial charge is 0.335 e. The molecule has 0 saturated carbocycles. The topological polar surface area (TPSA) is 89.4 Å². The second-order valence-corrected chi connectivity index (χ2v) is 9.91. The van der Waals surface area contributed by atoms with Gasteiger partial charge in [0.05, 0.1) is 23.8 Å². The molecule has 35 heavy (non-hydrogen) atoms. The molecule has 2 aliphatic rings. The molecular weight excluding hydrogens is 449 g/mol. The SMILES string of the molecule is C[C@@]1(C(=O)O)CCC(c2c(C3CCOCC3)n(-c3ccc(F)cc3)c3cc4cn[nH]c4cc23)CO1. The molecule has 2 aliphatic heterocycles. The number of benzene rings is 2. The lowest BCUT2D eigenvalue weighted by Crippen LogP contribution is -2.43. The van der Waals surface area contributed by atoms with Crippen LogP contribution in [-0.4, -0.2) is 51.3 Å². The Labute approximate surface area is 201 Å².